The van der Waals surface area contributed by atoms with Crippen molar-refractivity contribution in [3.05, 3.63) is 59.7 Å². The van der Waals surface area contributed by atoms with Crippen LogP contribution in [-0.4, -0.2) is 48.3 Å². The van der Waals surface area contributed by atoms with Gasteiger partial charge in [-0.15, -0.1) is 0 Å². The van der Waals surface area contributed by atoms with Crippen LogP contribution in [0, 0.1) is 18.3 Å². The van der Waals surface area contributed by atoms with Gasteiger partial charge in [0.15, 0.2) is 0 Å². The van der Waals surface area contributed by atoms with Crippen LogP contribution in [0.4, 0.5) is 0 Å². The Hall–Kier alpha value is -2.68. The van der Waals surface area contributed by atoms with Gasteiger partial charge in [0.25, 0.3) is 0 Å². The third-order valence-corrected chi connectivity index (χ3v) is 4.94. The van der Waals surface area contributed by atoms with E-state index in [4.69, 9.17) is 4.74 Å². The van der Waals surface area contributed by atoms with E-state index in [1.165, 1.54) is 12.0 Å². The van der Waals surface area contributed by atoms with Crippen LogP contribution in [0.15, 0.2) is 48.5 Å². The minimum absolute atomic E-state index is 0.0963. The number of carbonyl (C=O) groups is 1. The molecule has 1 heterocycles. The van der Waals surface area contributed by atoms with E-state index < -0.39 is 12.1 Å². The van der Waals surface area contributed by atoms with Crippen molar-refractivity contribution in [1.82, 2.24) is 4.90 Å². The van der Waals surface area contributed by atoms with Crippen molar-refractivity contribution in [2.75, 3.05) is 20.3 Å². The lowest BCUT2D eigenvalue weighted by Gasteiger charge is -2.52. The van der Waals surface area contributed by atoms with Crippen molar-refractivity contribution >= 4 is 5.91 Å². The molecular weight excluding hydrogens is 328 g/mol. The second-order valence-corrected chi connectivity index (χ2v) is 6.54. The van der Waals surface area contributed by atoms with Crippen molar-refractivity contribution in [3.63, 3.8) is 0 Å². The highest BCUT2D eigenvalue weighted by Gasteiger charge is 2.52. The van der Waals surface area contributed by atoms with Crippen LogP contribution in [-0.2, 0) is 9.53 Å². The molecule has 5 nitrogen and oxygen atoms in total. The minimum Gasteiger partial charge on any atom is -0.394 e. The number of amides is 1. The lowest BCUT2D eigenvalue weighted by molar-refractivity contribution is -0.150. The van der Waals surface area contributed by atoms with Crippen LogP contribution < -0.4 is 0 Å². The molecule has 2 aromatic carbocycles. The SMILES string of the molecule is COCC(=O)N1[C@H](C#N)[C@H](c2ccccc2-c2cccc(C)c2)[C@H]1CO. The molecule has 1 N–H and O–H groups in total. The third kappa shape index (κ3) is 3.10. The molecule has 1 aliphatic rings. The number of ether oxygens (including phenoxy) is 1. The van der Waals surface area contributed by atoms with Crippen LogP contribution in [0.3, 0.4) is 0 Å². The van der Waals surface area contributed by atoms with Gasteiger partial charge in [-0.3, -0.25) is 4.79 Å². The minimum atomic E-state index is -0.610. The van der Waals surface area contributed by atoms with E-state index in [0.717, 1.165) is 22.3 Å². The average molecular weight is 350 g/mol. The van der Waals surface area contributed by atoms with Gasteiger partial charge in [-0.05, 0) is 23.6 Å². The van der Waals surface area contributed by atoms with E-state index in [2.05, 4.69) is 12.1 Å². The van der Waals surface area contributed by atoms with Crippen molar-refractivity contribution in [2.24, 2.45) is 0 Å². The molecule has 3 atom stereocenters. The Labute approximate surface area is 153 Å². The van der Waals surface area contributed by atoms with Gasteiger partial charge in [0.2, 0.25) is 5.91 Å². The Morgan fingerprint density at radius 3 is 2.69 bits per heavy atom. The maximum Gasteiger partial charge on any atom is 0.249 e. The summed E-state index contributed by atoms with van der Waals surface area (Å²) in [5.74, 6) is -0.509. The molecule has 0 aliphatic carbocycles. The predicted molar refractivity (Wildman–Crippen MR) is 98.4 cm³/mol. The number of hydrogen-bond acceptors (Lipinski definition) is 4. The van der Waals surface area contributed by atoms with E-state index in [0.29, 0.717) is 0 Å². The lowest BCUT2D eigenvalue weighted by atomic mass is 9.73. The quantitative estimate of drug-likeness (QED) is 0.899. The zero-order valence-corrected chi connectivity index (χ0v) is 14.9. The fourth-order valence-electron chi connectivity index (χ4n) is 3.78. The summed E-state index contributed by atoms with van der Waals surface area (Å²) in [7, 11) is 1.44. The number of methoxy groups -OCH3 is 1. The second kappa shape index (κ2) is 7.69. The maximum absolute atomic E-state index is 12.3. The Kier molecular flexibility index (Phi) is 5.36. The second-order valence-electron chi connectivity index (χ2n) is 6.54. The van der Waals surface area contributed by atoms with Crippen LogP contribution in [0.5, 0.6) is 0 Å². The van der Waals surface area contributed by atoms with Crippen molar-refractivity contribution in [1.29, 1.82) is 5.26 Å². The normalized spacial score (nSPS) is 21.8. The highest BCUT2D eigenvalue weighted by atomic mass is 16.5. The zero-order valence-electron chi connectivity index (χ0n) is 14.9. The molecular formula is C21H22N2O3. The number of aryl methyl sites for hydroxylation is 1. The highest BCUT2D eigenvalue weighted by molar-refractivity contribution is 5.81. The molecule has 2 aromatic rings. The van der Waals surface area contributed by atoms with Gasteiger partial charge < -0.3 is 14.7 Å². The average Bonchev–Trinajstić information content (AvgIpc) is 2.62. The van der Waals surface area contributed by atoms with Crippen molar-refractivity contribution in [3.8, 4) is 17.2 Å². The molecule has 1 aliphatic heterocycles. The highest BCUT2D eigenvalue weighted by Crippen LogP contribution is 2.44. The lowest BCUT2D eigenvalue weighted by Crippen LogP contribution is -2.66. The number of nitrogens with zero attached hydrogens (tertiary/aromatic N) is 2. The van der Waals surface area contributed by atoms with Gasteiger partial charge in [0.1, 0.15) is 12.6 Å². The monoisotopic (exact) mass is 350 g/mol. The molecule has 0 radical (unpaired) electrons. The third-order valence-electron chi connectivity index (χ3n) is 4.94. The first kappa shape index (κ1) is 18.1. The number of likely N-dealkylation sites (tertiary alicyclic amines) is 1. The number of hydrogen-bond donors (Lipinski definition) is 1. The molecule has 134 valence electrons. The van der Waals surface area contributed by atoms with Crippen LogP contribution in [0.25, 0.3) is 11.1 Å². The molecule has 1 amide bonds. The molecule has 5 heteroatoms. The number of nitriles is 1. The molecule has 0 bridgehead atoms. The Morgan fingerprint density at radius 2 is 2.04 bits per heavy atom. The van der Waals surface area contributed by atoms with Crippen LogP contribution in [0.2, 0.25) is 0 Å². The molecule has 26 heavy (non-hydrogen) atoms. The molecule has 1 saturated heterocycles. The largest absolute Gasteiger partial charge is 0.394 e. The predicted octanol–water partition coefficient (Wildman–Crippen LogP) is 2.49. The smallest absolute Gasteiger partial charge is 0.249 e. The van der Waals surface area contributed by atoms with E-state index >= 15 is 0 Å². The van der Waals surface area contributed by atoms with Gasteiger partial charge in [0, 0.05) is 13.0 Å². The fourth-order valence-corrected chi connectivity index (χ4v) is 3.78. The van der Waals surface area contributed by atoms with E-state index in [1.54, 1.807) is 0 Å². The number of aliphatic hydroxyl groups excluding tert-OH is 1. The fraction of sp³-hybridized carbons (Fsp3) is 0.333. The van der Waals surface area contributed by atoms with Gasteiger partial charge >= 0.3 is 0 Å². The maximum atomic E-state index is 12.3. The Balaban J connectivity index is 2.01. The summed E-state index contributed by atoms with van der Waals surface area (Å²) in [4.78, 5) is 13.7. The van der Waals surface area contributed by atoms with Gasteiger partial charge in [-0.25, -0.2) is 0 Å². The summed E-state index contributed by atoms with van der Waals surface area (Å²) >= 11 is 0. The first-order chi connectivity index (χ1) is 12.6. The number of rotatable bonds is 5. The summed E-state index contributed by atoms with van der Waals surface area (Å²) in [5.41, 5.74) is 4.22. The van der Waals surface area contributed by atoms with Crippen molar-refractivity contribution in [2.45, 2.75) is 24.9 Å². The molecule has 0 aromatic heterocycles. The van der Waals surface area contributed by atoms with Crippen LogP contribution >= 0.6 is 0 Å². The van der Waals surface area contributed by atoms with E-state index in [-0.39, 0.29) is 25.0 Å². The van der Waals surface area contributed by atoms with Gasteiger partial charge in [-0.1, -0.05) is 54.1 Å². The summed E-state index contributed by atoms with van der Waals surface area (Å²) in [5, 5.41) is 19.5. The van der Waals surface area contributed by atoms with Gasteiger partial charge in [-0.2, -0.15) is 5.26 Å². The summed E-state index contributed by atoms with van der Waals surface area (Å²) < 4.78 is 4.91. The Bertz CT molecular complexity index is 843. The van der Waals surface area contributed by atoms with Gasteiger partial charge in [0.05, 0.1) is 18.7 Å². The zero-order chi connectivity index (χ0) is 18.7. The van der Waals surface area contributed by atoms with Crippen molar-refractivity contribution < 1.29 is 14.6 Å². The molecule has 0 spiro atoms. The first-order valence-corrected chi connectivity index (χ1v) is 8.59. The number of benzene rings is 2. The number of aliphatic hydroxyl groups is 1. The first-order valence-electron chi connectivity index (χ1n) is 8.59. The topological polar surface area (TPSA) is 73.6 Å². The number of carbonyl (C=O) groups excluding carboxylic acids is 1. The molecule has 0 saturated carbocycles. The summed E-state index contributed by atoms with van der Waals surface area (Å²) in [6.45, 7) is 1.75. The molecule has 1 fully saturated rings. The molecule has 0 unspecified atom stereocenters. The Morgan fingerprint density at radius 1 is 1.27 bits per heavy atom. The van der Waals surface area contributed by atoms with Crippen LogP contribution in [0.1, 0.15) is 17.0 Å². The molecule has 3 rings (SSSR count). The van der Waals surface area contributed by atoms with E-state index in [9.17, 15) is 15.2 Å². The standard InChI is InChI=1S/C21H22N2O3/c1-14-6-5-7-15(10-14)16-8-3-4-9-17(16)21-18(11-22)23(19(21)12-24)20(25)13-26-2/h3-10,18-19,21,24H,12-13H2,1-2H3/t18-,19-,21+/m1/s1. The van der Waals surface area contributed by atoms with E-state index in [1.807, 2.05) is 49.4 Å². The summed E-state index contributed by atoms with van der Waals surface area (Å²) in [6.07, 6.45) is 0. The summed E-state index contributed by atoms with van der Waals surface area (Å²) in [6, 6.07) is 17.3.